The maximum Gasteiger partial charge on any atom is 0.191 e. The summed E-state index contributed by atoms with van der Waals surface area (Å²) in [4.78, 5) is 6.97. The van der Waals surface area contributed by atoms with Crippen molar-refractivity contribution in [2.24, 2.45) is 4.99 Å². The number of ether oxygens (including phenoxy) is 1. The van der Waals surface area contributed by atoms with E-state index in [1.807, 2.05) is 35.1 Å². The van der Waals surface area contributed by atoms with Gasteiger partial charge in [0.25, 0.3) is 0 Å². The molecule has 1 aromatic carbocycles. The van der Waals surface area contributed by atoms with Crippen LogP contribution >= 0.6 is 0 Å². The molecular weight excluding hydrogens is 340 g/mol. The lowest BCUT2D eigenvalue weighted by Crippen LogP contribution is -2.38. The number of guanidine groups is 1. The van der Waals surface area contributed by atoms with Gasteiger partial charge < -0.3 is 20.3 Å². The lowest BCUT2D eigenvalue weighted by Gasteiger charge is -2.25. The van der Waals surface area contributed by atoms with Crippen molar-refractivity contribution < 1.29 is 4.74 Å². The zero-order valence-electron chi connectivity index (χ0n) is 16.9. The van der Waals surface area contributed by atoms with E-state index in [-0.39, 0.29) is 6.04 Å². The number of hydrogen-bond donors (Lipinski definition) is 2. The monoisotopic (exact) mass is 372 g/mol. The van der Waals surface area contributed by atoms with E-state index in [1.54, 1.807) is 13.3 Å². The Hall–Kier alpha value is -2.54. The molecular formula is C20H32N6O. The highest BCUT2D eigenvalue weighted by atomic mass is 16.5. The smallest absolute Gasteiger partial charge is 0.191 e. The summed E-state index contributed by atoms with van der Waals surface area (Å²) in [5, 5.41) is 10.9. The quantitative estimate of drug-likeness (QED) is 0.380. The highest BCUT2D eigenvalue weighted by Crippen LogP contribution is 2.28. The number of aromatic nitrogens is 2. The number of nitrogens with one attached hydrogen (secondary N) is 2. The molecule has 2 N–H and O–H groups in total. The van der Waals surface area contributed by atoms with Crippen molar-refractivity contribution in [2.75, 3.05) is 40.8 Å². The number of aryl methyl sites for hydroxylation is 1. The minimum atomic E-state index is 0.140. The molecule has 2 rings (SSSR count). The van der Waals surface area contributed by atoms with Gasteiger partial charge in [0.15, 0.2) is 5.96 Å². The summed E-state index contributed by atoms with van der Waals surface area (Å²) in [6.07, 6.45) is 4.77. The summed E-state index contributed by atoms with van der Waals surface area (Å²) in [7, 11) is 5.84. The van der Waals surface area contributed by atoms with E-state index in [0.717, 1.165) is 43.3 Å². The third kappa shape index (κ3) is 6.60. The molecule has 148 valence electrons. The molecule has 0 amide bonds. The van der Waals surface area contributed by atoms with Crippen molar-refractivity contribution in [3.8, 4) is 5.75 Å². The normalized spacial score (nSPS) is 12.9. The van der Waals surface area contributed by atoms with Gasteiger partial charge in [0, 0.05) is 37.6 Å². The number of nitrogens with zero attached hydrogens (tertiary/aromatic N) is 4. The van der Waals surface area contributed by atoms with Crippen molar-refractivity contribution in [2.45, 2.75) is 25.9 Å². The van der Waals surface area contributed by atoms with Gasteiger partial charge in [-0.2, -0.15) is 5.10 Å². The maximum atomic E-state index is 5.53. The molecule has 2 aromatic rings. The number of likely N-dealkylation sites (N-methyl/N-ethyl adjacent to an activating group) is 1. The van der Waals surface area contributed by atoms with Crippen molar-refractivity contribution in [3.05, 3.63) is 48.3 Å². The molecule has 0 saturated carbocycles. The molecule has 0 bridgehead atoms. The highest BCUT2D eigenvalue weighted by molar-refractivity contribution is 5.79. The van der Waals surface area contributed by atoms with Gasteiger partial charge in [0.1, 0.15) is 5.75 Å². The Labute approximate surface area is 162 Å². The van der Waals surface area contributed by atoms with E-state index < -0.39 is 0 Å². The molecule has 0 aliphatic heterocycles. The molecule has 1 atom stereocenters. The zero-order valence-corrected chi connectivity index (χ0v) is 16.9. The van der Waals surface area contributed by atoms with Crippen LogP contribution in [0.2, 0.25) is 0 Å². The number of aliphatic imine (C=N–C) groups is 1. The lowest BCUT2D eigenvalue weighted by molar-refractivity contribution is 0.295. The molecule has 0 aliphatic carbocycles. The van der Waals surface area contributed by atoms with Crippen LogP contribution in [0.4, 0.5) is 0 Å². The Kier molecular flexibility index (Phi) is 8.64. The van der Waals surface area contributed by atoms with Crippen LogP contribution in [0, 0.1) is 0 Å². The zero-order chi connectivity index (χ0) is 19.5. The van der Waals surface area contributed by atoms with Crippen molar-refractivity contribution in [1.29, 1.82) is 0 Å². The van der Waals surface area contributed by atoms with E-state index in [9.17, 15) is 0 Å². The summed E-state index contributed by atoms with van der Waals surface area (Å²) < 4.78 is 7.47. The number of para-hydroxylation sites is 1. The van der Waals surface area contributed by atoms with Gasteiger partial charge >= 0.3 is 0 Å². The fraction of sp³-hybridized carbons (Fsp3) is 0.500. The van der Waals surface area contributed by atoms with Gasteiger partial charge in [-0.25, -0.2) is 0 Å². The minimum Gasteiger partial charge on any atom is -0.496 e. The standard InChI is InChI=1S/C20H32N6O/c1-5-21-20(22-12-8-14-26-15-9-13-24-26)23-16-18(25(2)3)17-10-6-7-11-19(17)27-4/h6-7,9-11,13,15,18H,5,8,12,14,16H2,1-4H3,(H2,21,22,23). The van der Waals surface area contributed by atoms with Crippen LogP contribution in [0.1, 0.15) is 24.9 Å². The summed E-state index contributed by atoms with van der Waals surface area (Å²) >= 11 is 0. The first-order valence-corrected chi connectivity index (χ1v) is 9.44. The first-order chi connectivity index (χ1) is 13.2. The number of rotatable bonds is 10. The van der Waals surface area contributed by atoms with E-state index in [2.05, 4.69) is 47.7 Å². The van der Waals surface area contributed by atoms with E-state index in [1.165, 1.54) is 0 Å². The topological polar surface area (TPSA) is 66.7 Å². The first-order valence-electron chi connectivity index (χ1n) is 9.44. The number of hydrogen-bond acceptors (Lipinski definition) is 4. The van der Waals surface area contributed by atoms with Gasteiger partial charge in [-0.15, -0.1) is 0 Å². The van der Waals surface area contributed by atoms with Gasteiger partial charge in [-0.1, -0.05) is 18.2 Å². The second-order valence-electron chi connectivity index (χ2n) is 6.49. The lowest BCUT2D eigenvalue weighted by atomic mass is 10.0. The van der Waals surface area contributed by atoms with Crippen LogP contribution in [-0.4, -0.2) is 61.5 Å². The Balaban J connectivity index is 1.97. The predicted molar refractivity (Wildman–Crippen MR) is 110 cm³/mol. The van der Waals surface area contributed by atoms with Gasteiger partial charge in [-0.05, 0) is 39.6 Å². The fourth-order valence-electron chi connectivity index (χ4n) is 2.88. The molecule has 0 fully saturated rings. The molecule has 1 unspecified atom stereocenters. The second-order valence-corrected chi connectivity index (χ2v) is 6.49. The van der Waals surface area contributed by atoms with Gasteiger partial charge in [-0.3, -0.25) is 9.67 Å². The van der Waals surface area contributed by atoms with Crippen LogP contribution in [0.15, 0.2) is 47.7 Å². The molecule has 0 radical (unpaired) electrons. The van der Waals surface area contributed by atoms with Crippen LogP contribution < -0.4 is 15.4 Å². The van der Waals surface area contributed by atoms with E-state index in [4.69, 9.17) is 9.73 Å². The summed E-state index contributed by atoms with van der Waals surface area (Å²) in [6, 6.07) is 10.2. The number of methoxy groups -OCH3 is 1. The van der Waals surface area contributed by atoms with Crippen molar-refractivity contribution >= 4 is 5.96 Å². The second kappa shape index (κ2) is 11.2. The average Bonchev–Trinajstić information content (AvgIpc) is 3.18. The molecule has 1 aromatic heterocycles. The van der Waals surface area contributed by atoms with Crippen LogP contribution in [-0.2, 0) is 6.54 Å². The first kappa shape index (κ1) is 20.8. The largest absolute Gasteiger partial charge is 0.496 e. The summed E-state index contributed by atoms with van der Waals surface area (Å²) in [5.41, 5.74) is 1.14. The Morgan fingerprint density at radius 1 is 1.26 bits per heavy atom. The summed E-state index contributed by atoms with van der Waals surface area (Å²) in [5.74, 6) is 1.73. The number of benzene rings is 1. The average molecular weight is 373 g/mol. The van der Waals surface area contributed by atoms with E-state index >= 15 is 0 Å². The fourth-order valence-corrected chi connectivity index (χ4v) is 2.88. The van der Waals surface area contributed by atoms with Crippen molar-refractivity contribution in [3.63, 3.8) is 0 Å². The van der Waals surface area contributed by atoms with Crippen LogP contribution in [0.5, 0.6) is 5.75 Å². The van der Waals surface area contributed by atoms with Gasteiger partial charge in [0.05, 0.1) is 19.7 Å². The third-order valence-corrected chi connectivity index (χ3v) is 4.30. The molecule has 0 saturated heterocycles. The SMILES string of the molecule is CCNC(=NCC(c1ccccc1OC)N(C)C)NCCCn1cccn1. The minimum absolute atomic E-state index is 0.140. The van der Waals surface area contributed by atoms with Crippen LogP contribution in [0.3, 0.4) is 0 Å². The van der Waals surface area contributed by atoms with E-state index in [0.29, 0.717) is 6.54 Å². The third-order valence-electron chi connectivity index (χ3n) is 4.30. The Morgan fingerprint density at radius 3 is 2.74 bits per heavy atom. The highest BCUT2D eigenvalue weighted by Gasteiger charge is 2.18. The molecule has 1 heterocycles. The Morgan fingerprint density at radius 2 is 2.07 bits per heavy atom. The molecule has 0 aliphatic rings. The molecule has 7 nitrogen and oxygen atoms in total. The maximum absolute atomic E-state index is 5.53. The molecule has 0 spiro atoms. The molecule has 27 heavy (non-hydrogen) atoms. The van der Waals surface area contributed by atoms with Crippen LogP contribution in [0.25, 0.3) is 0 Å². The molecule has 7 heteroatoms. The predicted octanol–water partition coefficient (Wildman–Crippen LogP) is 2.14. The van der Waals surface area contributed by atoms with Gasteiger partial charge in [0.2, 0.25) is 0 Å². The summed E-state index contributed by atoms with van der Waals surface area (Å²) in [6.45, 7) is 5.27. The Bertz CT molecular complexity index is 684. The van der Waals surface area contributed by atoms with Crippen molar-refractivity contribution in [1.82, 2.24) is 25.3 Å².